The number of halogens is 3. The molecule has 4 rings (SSSR count). The zero-order valence-electron chi connectivity index (χ0n) is 13.8. The van der Waals surface area contributed by atoms with Gasteiger partial charge in [0.25, 0.3) is 0 Å². The highest BCUT2D eigenvalue weighted by molar-refractivity contribution is 9.10. The van der Waals surface area contributed by atoms with Gasteiger partial charge in [-0.05, 0) is 64.8 Å². The molecule has 0 bridgehead atoms. The molecule has 3 nitrogen and oxygen atoms in total. The van der Waals surface area contributed by atoms with Crippen LogP contribution in [0.1, 0.15) is 11.1 Å². The summed E-state index contributed by atoms with van der Waals surface area (Å²) in [6.07, 6.45) is 3.86. The van der Waals surface area contributed by atoms with Crippen LogP contribution in [0.25, 0.3) is 22.6 Å². The van der Waals surface area contributed by atoms with Crippen molar-refractivity contribution in [3.8, 4) is 11.5 Å². The van der Waals surface area contributed by atoms with E-state index in [1.54, 1.807) is 6.07 Å². The maximum atomic E-state index is 13.2. The Kier molecular flexibility index (Phi) is 4.51. The van der Waals surface area contributed by atoms with E-state index >= 15 is 0 Å². The first kappa shape index (κ1) is 17.2. The number of pyridine rings is 1. The number of fused-ring (bicyclic) bond motifs is 1. The topological polar surface area (TPSA) is 29.9 Å². The van der Waals surface area contributed by atoms with Crippen molar-refractivity contribution < 1.29 is 13.4 Å². The van der Waals surface area contributed by atoms with Crippen LogP contribution in [-0.4, -0.2) is 4.98 Å². The first-order valence-corrected chi connectivity index (χ1v) is 9.16. The van der Waals surface area contributed by atoms with E-state index in [1.807, 2.05) is 48.1 Å². The van der Waals surface area contributed by atoms with Gasteiger partial charge in [0, 0.05) is 5.56 Å². The summed E-state index contributed by atoms with van der Waals surface area (Å²) >= 11 is 9.67. The van der Waals surface area contributed by atoms with Gasteiger partial charge in [0.1, 0.15) is 16.9 Å². The van der Waals surface area contributed by atoms with Crippen molar-refractivity contribution >= 4 is 38.6 Å². The molecule has 130 valence electrons. The van der Waals surface area contributed by atoms with Gasteiger partial charge in [-0.25, -0.2) is 9.37 Å². The Bertz CT molecular complexity index is 1130. The predicted octanol–water partition coefficient (Wildman–Crippen LogP) is 5.69. The van der Waals surface area contributed by atoms with Gasteiger partial charge < -0.3 is 4.42 Å². The van der Waals surface area contributed by atoms with E-state index in [4.69, 9.17) is 16.0 Å². The molecule has 0 spiro atoms. The van der Waals surface area contributed by atoms with Crippen LogP contribution in [0.3, 0.4) is 0 Å². The van der Waals surface area contributed by atoms with E-state index in [-0.39, 0.29) is 5.82 Å². The van der Waals surface area contributed by atoms with E-state index in [0.717, 1.165) is 32.3 Å². The van der Waals surface area contributed by atoms with Gasteiger partial charge in [-0.2, -0.15) is 4.57 Å². The summed E-state index contributed by atoms with van der Waals surface area (Å²) < 4.78 is 22.0. The van der Waals surface area contributed by atoms with Crippen LogP contribution in [0.15, 0.2) is 63.7 Å². The standard InChI is InChI=1S/C20H14BrClFN2O/c1-12-2-5-19-18(6-12)24-20(26-19)14-7-15(21)11-25(10-14)9-13-3-4-16(23)8-17(13)22/h2-8,10-11H,9H2,1H3/q+1. The molecular weight excluding hydrogens is 419 g/mol. The van der Waals surface area contributed by atoms with Crippen molar-refractivity contribution in [2.75, 3.05) is 0 Å². The fraction of sp³-hybridized carbons (Fsp3) is 0.100. The largest absolute Gasteiger partial charge is 0.436 e. The molecule has 2 heterocycles. The van der Waals surface area contributed by atoms with Gasteiger partial charge in [-0.1, -0.05) is 17.7 Å². The second kappa shape index (κ2) is 6.82. The maximum absolute atomic E-state index is 13.2. The summed E-state index contributed by atoms with van der Waals surface area (Å²) in [5.41, 5.74) is 4.38. The fourth-order valence-electron chi connectivity index (χ4n) is 2.81. The molecule has 6 heteroatoms. The predicted molar refractivity (Wildman–Crippen MR) is 103 cm³/mol. The molecule has 0 unspecified atom stereocenters. The maximum Gasteiger partial charge on any atom is 0.233 e. The molecule has 4 aromatic rings. The molecule has 0 atom stereocenters. The Morgan fingerprint density at radius 1 is 1.15 bits per heavy atom. The lowest BCUT2D eigenvalue weighted by Gasteiger charge is -2.03. The van der Waals surface area contributed by atoms with Gasteiger partial charge >= 0.3 is 0 Å². The highest BCUT2D eigenvalue weighted by Crippen LogP contribution is 2.26. The van der Waals surface area contributed by atoms with E-state index in [0.29, 0.717) is 17.5 Å². The summed E-state index contributed by atoms with van der Waals surface area (Å²) in [7, 11) is 0. The molecule has 0 saturated heterocycles. The average molecular weight is 433 g/mol. The van der Waals surface area contributed by atoms with Crippen LogP contribution < -0.4 is 4.57 Å². The van der Waals surface area contributed by atoms with E-state index in [2.05, 4.69) is 20.9 Å². The van der Waals surface area contributed by atoms with Gasteiger partial charge in [0.05, 0.1) is 9.50 Å². The highest BCUT2D eigenvalue weighted by Gasteiger charge is 2.15. The quantitative estimate of drug-likeness (QED) is 0.389. The minimum absolute atomic E-state index is 0.347. The summed E-state index contributed by atoms with van der Waals surface area (Å²) in [4.78, 5) is 4.59. The van der Waals surface area contributed by atoms with Crippen molar-refractivity contribution in [3.63, 3.8) is 0 Å². The summed E-state index contributed by atoms with van der Waals surface area (Å²) in [5.74, 6) is 0.200. The molecule has 0 aliphatic carbocycles. The molecule has 0 radical (unpaired) electrons. The lowest BCUT2D eigenvalue weighted by Crippen LogP contribution is -2.34. The molecular formula is C20H14BrClFN2O+. The Morgan fingerprint density at radius 2 is 2.00 bits per heavy atom. The number of oxazole rings is 1. The first-order valence-electron chi connectivity index (χ1n) is 7.99. The average Bonchev–Trinajstić information content (AvgIpc) is 3.00. The molecule has 0 fully saturated rings. The zero-order valence-corrected chi connectivity index (χ0v) is 16.2. The number of hydrogen-bond acceptors (Lipinski definition) is 2. The first-order chi connectivity index (χ1) is 12.5. The lowest BCUT2D eigenvalue weighted by molar-refractivity contribution is -0.688. The molecule has 0 amide bonds. The lowest BCUT2D eigenvalue weighted by atomic mass is 10.2. The van der Waals surface area contributed by atoms with E-state index in [9.17, 15) is 4.39 Å². The minimum atomic E-state index is -0.347. The fourth-order valence-corrected chi connectivity index (χ4v) is 3.55. The Balaban J connectivity index is 1.73. The van der Waals surface area contributed by atoms with Crippen LogP contribution in [0.2, 0.25) is 5.02 Å². The molecule has 2 aromatic carbocycles. The molecule has 2 aromatic heterocycles. The van der Waals surface area contributed by atoms with Gasteiger partial charge in [-0.15, -0.1) is 0 Å². The second-order valence-corrected chi connectivity index (χ2v) is 7.46. The van der Waals surface area contributed by atoms with Crippen molar-refractivity contribution in [1.82, 2.24) is 4.98 Å². The summed E-state index contributed by atoms with van der Waals surface area (Å²) in [6, 6.07) is 12.3. The van der Waals surface area contributed by atoms with Crippen molar-refractivity contribution in [2.24, 2.45) is 0 Å². The molecule has 0 aliphatic rings. The third-order valence-electron chi connectivity index (χ3n) is 4.05. The van der Waals surface area contributed by atoms with E-state index < -0.39 is 0 Å². The van der Waals surface area contributed by atoms with Crippen LogP contribution >= 0.6 is 27.5 Å². The SMILES string of the molecule is Cc1ccc2oc(-c3cc(Br)c[n+](Cc4ccc(F)cc4Cl)c3)nc2c1. The second-order valence-electron chi connectivity index (χ2n) is 6.14. The minimum Gasteiger partial charge on any atom is -0.436 e. The molecule has 0 saturated carbocycles. The Hall–Kier alpha value is -2.24. The number of aryl methyl sites for hydroxylation is 1. The number of benzene rings is 2. The van der Waals surface area contributed by atoms with Gasteiger partial charge in [-0.3, -0.25) is 0 Å². The van der Waals surface area contributed by atoms with E-state index in [1.165, 1.54) is 12.1 Å². The number of rotatable bonds is 3. The number of nitrogens with zero attached hydrogens (tertiary/aromatic N) is 2. The molecule has 26 heavy (non-hydrogen) atoms. The highest BCUT2D eigenvalue weighted by atomic mass is 79.9. The van der Waals surface area contributed by atoms with Crippen LogP contribution in [-0.2, 0) is 6.54 Å². The Labute approximate surface area is 163 Å². The van der Waals surface area contributed by atoms with Crippen molar-refractivity contribution in [2.45, 2.75) is 13.5 Å². The normalized spacial score (nSPS) is 11.2. The van der Waals surface area contributed by atoms with Crippen LogP contribution in [0.5, 0.6) is 0 Å². The number of aromatic nitrogens is 2. The third kappa shape index (κ3) is 3.50. The zero-order chi connectivity index (χ0) is 18.3. The van der Waals surface area contributed by atoms with Gasteiger partial charge in [0.2, 0.25) is 5.89 Å². The number of hydrogen-bond donors (Lipinski definition) is 0. The summed E-state index contributed by atoms with van der Waals surface area (Å²) in [6.45, 7) is 2.53. The van der Waals surface area contributed by atoms with Crippen molar-refractivity contribution in [1.29, 1.82) is 0 Å². The molecule has 0 aliphatic heterocycles. The molecule has 0 N–H and O–H groups in total. The monoisotopic (exact) mass is 431 g/mol. The van der Waals surface area contributed by atoms with Gasteiger partial charge in [0.15, 0.2) is 24.5 Å². The third-order valence-corrected chi connectivity index (χ3v) is 4.83. The van der Waals surface area contributed by atoms with Crippen molar-refractivity contribution in [3.05, 3.63) is 81.3 Å². The smallest absolute Gasteiger partial charge is 0.233 e. The van der Waals surface area contributed by atoms with Crippen LogP contribution in [0.4, 0.5) is 4.39 Å². The van der Waals surface area contributed by atoms with Crippen LogP contribution in [0, 0.1) is 12.7 Å². The summed E-state index contributed by atoms with van der Waals surface area (Å²) in [5, 5.41) is 0.399. The Morgan fingerprint density at radius 3 is 2.81 bits per heavy atom.